The second kappa shape index (κ2) is 9.73. The van der Waals surface area contributed by atoms with Gasteiger partial charge in [0.05, 0.1) is 6.54 Å². The van der Waals surface area contributed by atoms with Crippen LogP contribution in [-0.4, -0.2) is 61.6 Å². The maximum absolute atomic E-state index is 6.15. The quantitative estimate of drug-likeness (QED) is 0.415. The minimum Gasteiger partial charge on any atom is -0.370 e. The van der Waals surface area contributed by atoms with Crippen LogP contribution in [0.1, 0.15) is 30.9 Å². The van der Waals surface area contributed by atoms with Crippen LogP contribution in [0, 0.1) is 0 Å². The SMILES string of the molecule is CC(CN=C(N)Nc1cccc2c1CCCC2)N1CCN(C)CC1.I. The molecular weight excluding hydrogens is 425 g/mol. The summed E-state index contributed by atoms with van der Waals surface area (Å²) in [4.78, 5) is 9.47. The summed E-state index contributed by atoms with van der Waals surface area (Å²) >= 11 is 0. The van der Waals surface area contributed by atoms with Gasteiger partial charge in [0.2, 0.25) is 0 Å². The molecule has 6 heteroatoms. The van der Waals surface area contributed by atoms with Crippen molar-refractivity contribution in [3.63, 3.8) is 0 Å². The molecule has 1 aromatic rings. The molecule has 0 saturated carbocycles. The van der Waals surface area contributed by atoms with Gasteiger partial charge < -0.3 is 16.0 Å². The number of piperazine rings is 1. The first kappa shape index (κ1) is 20.5. The molecule has 1 aromatic carbocycles. The molecule has 1 saturated heterocycles. The van der Waals surface area contributed by atoms with E-state index >= 15 is 0 Å². The van der Waals surface area contributed by atoms with Gasteiger partial charge in [0.25, 0.3) is 0 Å². The Morgan fingerprint density at radius 3 is 2.68 bits per heavy atom. The Kier molecular flexibility index (Phi) is 7.96. The lowest BCUT2D eigenvalue weighted by Gasteiger charge is -2.35. The molecule has 1 fully saturated rings. The van der Waals surface area contributed by atoms with E-state index in [1.165, 1.54) is 30.4 Å². The third-order valence-electron chi connectivity index (χ3n) is 5.35. The number of guanidine groups is 1. The van der Waals surface area contributed by atoms with Crippen LogP contribution in [0.25, 0.3) is 0 Å². The number of aryl methyl sites for hydroxylation is 1. The Labute approximate surface area is 169 Å². The second-order valence-corrected chi connectivity index (χ2v) is 7.19. The first-order chi connectivity index (χ1) is 11.6. The molecule has 0 spiro atoms. The fraction of sp³-hybridized carbons (Fsp3) is 0.632. The highest BCUT2D eigenvalue weighted by atomic mass is 127. The minimum atomic E-state index is 0. The van der Waals surface area contributed by atoms with E-state index in [4.69, 9.17) is 5.73 Å². The predicted molar refractivity (Wildman–Crippen MR) is 117 cm³/mol. The summed E-state index contributed by atoms with van der Waals surface area (Å²) in [5.74, 6) is 0.537. The minimum absolute atomic E-state index is 0. The van der Waals surface area contributed by atoms with Gasteiger partial charge in [0, 0.05) is 37.9 Å². The van der Waals surface area contributed by atoms with E-state index in [0.717, 1.165) is 44.8 Å². The highest BCUT2D eigenvalue weighted by Crippen LogP contribution is 2.27. The van der Waals surface area contributed by atoms with Crippen LogP contribution in [0.5, 0.6) is 0 Å². The van der Waals surface area contributed by atoms with E-state index < -0.39 is 0 Å². The molecule has 3 rings (SSSR count). The van der Waals surface area contributed by atoms with Gasteiger partial charge in [-0.2, -0.15) is 0 Å². The molecule has 0 amide bonds. The summed E-state index contributed by atoms with van der Waals surface area (Å²) in [7, 11) is 2.18. The number of nitrogens with zero attached hydrogens (tertiary/aromatic N) is 3. The maximum Gasteiger partial charge on any atom is 0.193 e. The molecule has 2 aliphatic rings. The molecule has 0 aromatic heterocycles. The van der Waals surface area contributed by atoms with Gasteiger partial charge in [-0.25, -0.2) is 0 Å². The number of rotatable bonds is 4. The predicted octanol–water partition coefficient (Wildman–Crippen LogP) is 2.55. The highest BCUT2D eigenvalue weighted by Gasteiger charge is 2.19. The number of likely N-dealkylation sites (N-methyl/N-ethyl adjacent to an activating group) is 1. The molecule has 1 heterocycles. The lowest BCUT2D eigenvalue weighted by atomic mass is 9.90. The average molecular weight is 457 g/mol. The van der Waals surface area contributed by atoms with Crippen molar-refractivity contribution in [1.82, 2.24) is 9.80 Å². The summed E-state index contributed by atoms with van der Waals surface area (Å²) < 4.78 is 0. The number of hydrogen-bond donors (Lipinski definition) is 2. The van der Waals surface area contributed by atoms with Crippen molar-refractivity contribution in [2.24, 2.45) is 10.7 Å². The van der Waals surface area contributed by atoms with Crippen molar-refractivity contribution in [1.29, 1.82) is 0 Å². The van der Waals surface area contributed by atoms with Crippen molar-refractivity contribution in [2.75, 3.05) is 45.1 Å². The Morgan fingerprint density at radius 1 is 1.20 bits per heavy atom. The third-order valence-corrected chi connectivity index (χ3v) is 5.35. The summed E-state index contributed by atoms with van der Waals surface area (Å²) in [6.07, 6.45) is 4.89. The number of fused-ring (bicyclic) bond motifs is 1. The van der Waals surface area contributed by atoms with E-state index in [1.54, 1.807) is 0 Å². The lowest BCUT2D eigenvalue weighted by molar-refractivity contribution is 0.122. The molecule has 140 valence electrons. The number of aliphatic imine (C=N–C) groups is 1. The fourth-order valence-electron chi connectivity index (χ4n) is 3.68. The first-order valence-electron chi connectivity index (χ1n) is 9.24. The molecule has 5 nitrogen and oxygen atoms in total. The van der Waals surface area contributed by atoms with Crippen LogP contribution in [0.4, 0.5) is 5.69 Å². The number of nitrogens with two attached hydrogens (primary N) is 1. The molecule has 1 aliphatic carbocycles. The molecular formula is C19H32IN5. The van der Waals surface area contributed by atoms with Crippen molar-refractivity contribution < 1.29 is 0 Å². The topological polar surface area (TPSA) is 56.9 Å². The van der Waals surface area contributed by atoms with Gasteiger partial charge in [-0.15, -0.1) is 24.0 Å². The van der Waals surface area contributed by atoms with Crippen molar-refractivity contribution in [3.8, 4) is 0 Å². The van der Waals surface area contributed by atoms with Crippen LogP contribution < -0.4 is 11.1 Å². The number of halogens is 1. The number of nitrogens with one attached hydrogen (secondary N) is 1. The molecule has 1 aliphatic heterocycles. The molecule has 0 radical (unpaired) electrons. The van der Waals surface area contributed by atoms with Crippen molar-refractivity contribution in [3.05, 3.63) is 29.3 Å². The molecule has 1 atom stereocenters. The number of hydrogen-bond acceptors (Lipinski definition) is 3. The van der Waals surface area contributed by atoms with Crippen LogP contribution >= 0.6 is 24.0 Å². The molecule has 0 bridgehead atoms. The maximum atomic E-state index is 6.15. The number of anilines is 1. The first-order valence-corrected chi connectivity index (χ1v) is 9.24. The van der Waals surface area contributed by atoms with Gasteiger partial charge >= 0.3 is 0 Å². The monoisotopic (exact) mass is 457 g/mol. The van der Waals surface area contributed by atoms with Gasteiger partial charge in [-0.1, -0.05) is 12.1 Å². The summed E-state index contributed by atoms with van der Waals surface area (Å²) in [5, 5.41) is 3.34. The van der Waals surface area contributed by atoms with Gasteiger partial charge in [-0.3, -0.25) is 9.89 Å². The smallest absolute Gasteiger partial charge is 0.193 e. The van der Waals surface area contributed by atoms with E-state index in [1.807, 2.05) is 0 Å². The standard InChI is InChI=1S/C19H31N5.HI/c1-15(24-12-10-23(2)11-13-24)14-21-19(20)22-18-9-5-7-16-6-3-4-8-17(16)18;/h5,7,9,15H,3-4,6,8,10-14H2,1-2H3,(H3,20,21,22);1H. The van der Waals surface area contributed by atoms with Gasteiger partial charge in [-0.05, 0) is 56.8 Å². The van der Waals surface area contributed by atoms with Crippen molar-refractivity contribution in [2.45, 2.75) is 38.6 Å². The Morgan fingerprint density at radius 2 is 1.92 bits per heavy atom. The van der Waals surface area contributed by atoms with E-state index in [-0.39, 0.29) is 24.0 Å². The number of benzene rings is 1. The summed E-state index contributed by atoms with van der Waals surface area (Å²) in [5.41, 5.74) is 10.2. The second-order valence-electron chi connectivity index (χ2n) is 7.19. The zero-order valence-corrected chi connectivity index (χ0v) is 17.8. The molecule has 25 heavy (non-hydrogen) atoms. The van der Waals surface area contributed by atoms with Crippen LogP contribution in [0.3, 0.4) is 0 Å². The summed E-state index contributed by atoms with van der Waals surface area (Å²) in [6.45, 7) is 7.50. The summed E-state index contributed by atoms with van der Waals surface area (Å²) in [6, 6.07) is 6.91. The third kappa shape index (κ3) is 5.56. The highest BCUT2D eigenvalue weighted by molar-refractivity contribution is 14.0. The fourth-order valence-corrected chi connectivity index (χ4v) is 3.68. The Balaban J connectivity index is 0.00000225. The largest absolute Gasteiger partial charge is 0.370 e. The van der Waals surface area contributed by atoms with Crippen LogP contribution in [0.15, 0.2) is 23.2 Å². The van der Waals surface area contributed by atoms with E-state index in [0.29, 0.717) is 12.0 Å². The van der Waals surface area contributed by atoms with E-state index in [2.05, 4.69) is 52.3 Å². The van der Waals surface area contributed by atoms with Crippen LogP contribution in [0.2, 0.25) is 0 Å². The zero-order valence-electron chi connectivity index (χ0n) is 15.5. The molecule has 3 N–H and O–H groups in total. The normalized spacial score (nSPS) is 20.5. The zero-order chi connectivity index (χ0) is 16.9. The average Bonchev–Trinajstić information content (AvgIpc) is 2.61. The Hall–Kier alpha value is -0.860. The Bertz CT molecular complexity index is 581. The van der Waals surface area contributed by atoms with Gasteiger partial charge in [0.1, 0.15) is 0 Å². The van der Waals surface area contributed by atoms with E-state index in [9.17, 15) is 0 Å². The lowest BCUT2D eigenvalue weighted by Crippen LogP contribution is -2.49. The van der Waals surface area contributed by atoms with Gasteiger partial charge in [0.15, 0.2) is 5.96 Å². The van der Waals surface area contributed by atoms with Crippen molar-refractivity contribution >= 4 is 35.6 Å². The molecule has 1 unspecified atom stereocenters. The van der Waals surface area contributed by atoms with Crippen LogP contribution in [-0.2, 0) is 12.8 Å².